The summed E-state index contributed by atoms with van der Waals surface area (Å²) in [6.45, 7) is 0. The highest BCUT2D eigenvalue weighted by molar-refractivity contribution is 7.15. The minimum absolute atomic E-state index is 0.327. The Labute approximate surface area is 107 Å². The molecule has 90 valence electrons. The minimum Gasteiger partial charge on any atom is -0.465 e. The van der Waals surface area contributed by atoms with Crippen molar-refractivity contribution in [3.05, 3.63) is 47.6 Å². The summed E-state index contributed by atoms with van der Waals surface area (Å²) < 4.78 is 6.64. The summed E-state index contributed by atoms with van der Waals surface area (Å²) >= 11 is 1.59. The lowest BCUT2D eigenvalue weighted by atomic mass is 10.1. The van der Waals surface area contributed by atoms with Gasteiger partial charge in [-0.15, -0.1) is 11.3 Å². The van der Waals surface area contributed by atoms with E-state index in [4.69, 9.17) is 0 Å². The van der Waals surface area contributed by atoms with Crippen molar-refractivity contribution in [2.45, 2.75) is 0 Å². The van der Waals surface area contributed by atoms with Gasteiger partial charge < -0.3 is 4.74 Å². The van der Waals surface area contributed by atoms with E-state index in [9.17, 15) is 4.79 Å². The molecule has 0 atom stereocenters. The quantitative estimate of drug-likeness (QED) is 0.664. The van der Waals surface area contributed by atoms with E-state index in [-0.39, 0.29) is 5.97 Å². The molecule has 0 saturated heterocycles. The first-order valence-corrected chi connectivity index (χ1v) is 6.27. The lowest BCUT2D eigenvalue weighted by molar-refractivity contribution is 0.0601. The molecule has 0 radical (unpaired) electrons. The highest BCUT2D eigenvalue weighted by Gasteiger charge is 2.08. The summed E-state index contributed by atoms with van der Waals surface area (Å²) in [5, 5.41) is 1.99. The largest absolute Gasteiger partial charge is 0.465 e. The SMILES string of the molecule is COC(=O)c1ccc(-c2cn3ccsc3n2)cc1. The highest BCUT2D eigenvalue weighted by Crippen LogP contribution is 2.21. The topological polar surface area (TPSA) is 43.6 Å². The van der Waals surface area contributed by atoms with Gasteiger partial charge in [0.2, 0.25) is 0 Å². The maximum absolute atomic E-state index is 11.3. The number of methoxy groups -OCH3 is 1. The summed E-state index contributed by atoms with van der Waals surface area (Å²) in [4.78, 5) is 16.8. The molecular formula is C13H10N2O2S. The van der Waals surface area contributed by atoms with Crippen molar-refractivity contribution >= 4 is 22.3 Å². The van der Waals surface area contributed by atoms with Crippen LogP contribution in [0.3, 0.4) is 0 Å². The molecule has 3 rings (SSSR count). The van der Waals surface area contributed by atoms with Gasteiger partial charge in [0, 0.05) is 23.3 Å². The second kappa shape index (κ2) is 4.27. The molecule has 0 unspecified atom stereocenters. The van der Waals surface area contributed by atoms with Gasteiger partial charge in [-0.3, -0.25) is 4.40 Å². The molecule has 0 fully saturated rings. The molecular weight excluding hydrogens is 248 g/mol. The Kier molecular flexibility index (Phi) is 2.60. The van der Waals surface area contributed by atoms with Crippen LogP contribution in [0.1, 0.15) is 10.4 Å². The average Bonchev–Trinajstić information content (AvgIpc) is 2.99. The van der Waals surface area contributed by atoms with Gasteiger partial charge in [0.25, 0.3) is 0 Å². The van der Waals surface area contributed by atoms with Gasteiger partial charge in [0.15, 0.2) is 4.96 Å². The molecule has 2 aromatic heterocycles. The fourth-order valence-corrected chi connectivity index (χ4v) is 2.46. The van der Waals surface area contributed by atoms with E-state index in [0.29, 0.717) is 5.56 Å². The Hall–Kier alpha value is -2.14. The Morgan fingerprint density at radius 2 is 2.11 bits per heavy atom. The van der Waals surface area contributed by atoms with E-state index in [1.807, 2.05) is 34.3 Å². The van der Waals surface area contributed by atoms with E-state index in [2.05, 4.69) is 9.72 Å². The van der Waals surface area contributed by atoms with Gasteiger partial charge in [0.1, 0.15) is 0 Å². The van der Waals surface area contributed by atoms with Crippen molar-refractivity contribution in [2.75, 3.05) is 7.11 Å². The molecule has 18 heavy (non-hydrogen) atoms. The summed E-state index contributed by atoms with van der Waals surface area (Å²) in [5.41, 5.74) is 2.43. The first-order valence-electron chi connectivity index (χ1n) is 5.39. The number of ether oxygens (including phenoxy) is 1. The molecule has 0 saturated carbocycles. The zero-order valence-electron chi connectivity index (χ0n) is 9.66. The summed E-state index contributed by atoms with van der Waals surface area (Å²) in [7, 11) is 1.37. The molecule has 0 bridgehead atoms. The molecule has 5 heteroatoms. The van der Waals surface area contributed by atoms with Crippen molar-refractivity contribution in [3.63, 3.8) is 0 Å². The number of carbonyl (C=O) groups excluding carboxylic acids is 1. The van der Waals surface area contributed by atoms with Crippen LogP contribution in [0.15, 0.2) is 42.0 Å². The monoisotopic (exact) mass is 258 g/mol. The zero-order chi connectivity index (χ0) is 12.5. The zero-order valence-corrected chi connectivity index (χ0v) is 10.5. The van der Waals surface area contributed by atoms with Gasteiger partial charge in [0.05, 0.1) is 18.4 Å². The number of carbonyl (C=O) groups is 1. The van der Waals surface area contributed by atoms with Gasteiger partial charge in [-0.05, 0) is 12.1 Å². The molecule has 4 nitrogen and oxygen atoms in total. The number of hydrogen-bond donors (Lipinski definition) is 0. The predicted molar refractivity (Wildman–Crippen MR) is 69.8 cm³/mol. The number of nitrogens with zero attached hydrogens (tertiary/aromatic N) is 2. The second-order valence-corrected chi connectivity index (χ2v) is 4.66. The van der Waals surface area contributed by atoms with E-state index in [1.165, 1.54) is 7.11 Å². The van der Waals surface area contributed by atoms with Crippen molar-refractivity contribution in [1.29, 1.82) is 0 Å². The molecule has 0 amide bonds. The standard InChI is InChI=1S/C13H10N2O2S/c1-17-12(16)10-4-2-9(3-5-10)11-8-15-6-7-18-13(15)14-11/h2-8H,1H3. The van der Waals surface area contributed by atoms with Crippen LogP contribution >= 0.6 is 11.3 Å². The van der Waals surface area contributed by atoms with E-state index in [0.717, 1.165) is 16.2 Å². The van der Waals surface area contributed by atoms with Gasteiger partial charge >= 0.3 is 5.97 Å². The first kappa shape index (κ1) is 11.0. The van der Waals surface area contributed by atoms with Crippen LogP contribution in [0, 0.1) is 0 Å². The fourth-order valence-electron chi connectivity index (χ4n) is 1.76. The van der Waals surface area contributed by atoms with Crippen LogP contribution < -0.4 is 0 Å². The third-order valence-electron chi connectivity index (χ3n) is 2.70. The van der Waals surface area contributed by atoms with E-state index in [1.54, 1.807) is 23.5 Å². The van der Waals surface area contributed by atoms with Crippen molar-refractivity contribution in [2.24, 2.45) is 0 Å². The van der Waals surface area contributed by atoms with Crippen LogP contribution in [0.25, 0.3) is 16.2 Å². The highest BCUT2D eigenvalue weighted by atomic mass is 32.1. The van der Waals surface area contributed by atoms with Crippen molar-refractivity contribution < 1.29 is 9.53 Å². The Balaban J connectivity index is 1.97. The Morgan fingerprint density at radius 1 is 1.33 bits per heavy atom. The Morgan fingerprint density at radius 3 is 2.78 bits per heavy atom. The van der Waals surface area contributed by atoms with E-state index >= 15 is 0 Å². The maximum atomic E-state index is 11.3. The van der Waals surface area contributed by atoms with E-state index < -0.39 is 0 Å². The Bertz CT molecular complexity index is 669. The normalized spacial score (nSPS) is 10.7. The average molecular weight is 258 g/mol. The number of thiazole rings is 1. The minimum atomic E-state index is -0.327. The number of aromatic nitrogens is 2. The molecule has 0 aliphatic rings. The number of benzene rings is 1. The fraction of sp³-hybridized carbons (Fsp3) is 0.0769. The number of esters is 1. The third-order valence-corrected chi connectivity index (χ3v) is 3.47. The maximum Gasteiger partial charge on any atom is 0.337 e. The second-order valence-electron chi connectivity index (χ2n) is 3.79. The third kappa shape index (κ3) is 1.78. The van der Waals surface area contributed by atoms with Crippen LogP contribution in [0.4, 0.5) is 0 Å². The summed E-state index contributed by atoms with van der Waals surface area (Å²) in [5.74, 6) is -0.327. The molecule has 2 heterocycles. The van der Waals surface area contributed by atoms with Crippen LogP contribution in [0.2, 0.25) is 0 Å². The van der Waals surface area contributed by atoms with Crippen molar-refractivity contribution in [1.82, 2.24) is 9.38 Å². The molecule has 0 N–H and O–H groups in total. The lowest BCUT2D eigenvalue weighted by Gasteiger charge is -2.00. The summed E-state index contributed by atoms with van der Waals surface area (Å²) in [6.07, 6.45) is 3.94. The number of imidazole rings is 1. The molecule has 0 aliphatic carbocycles. The number of fused-ring (bicyclic) bond motifs is 1. The van der Waals surface area contributed by atoms with Crippen LogP contribution in [-0.4, -0.2) is 22.5 Å². The number of hydrogen-bond acceptors (Lipinski definition) is 4. The summed E-state index contributed by atoms with van der Waals surface area (Å²) in [6, 6.07) is 7.24. The molecule has 3 aromatic rings. The lowest BCUT2D eigenvalue weighted by Crippen LogP contribution is -2.00. The van der Waals surface area contributed by atoms with Gasteiger partial charge in [-0.25, -0.2) is 9.78 Å². The van der Waals surface area contributed by atoms with Gasteiger partial charge in [-0.2, -0.15) is 0 Å². The van der Waals surface area contributed by atoms with Crippen molar-refractivity contribution in [3.8, 4) is 11.3 Å². The molecule has 0 spiro atoms. The first-order chi connectivity index (χ1) is 8.78. The predicted octanol–water partition coefficient (Wildman–Crippen LogP) is 2.85. The van der Waals surface area contributed by atoms with Gasteiger partial charge in [-0.1, -0.05) is 12.1 Å². The number of rotatable bonds is 2. The smallest absolute Gasteiger partial charge is 0.337 e. The van der Waals surface area contributed by atoms with Crippen LogP contribution in [0.5, 0.6) is 0 Å². The van der Waals surface area contributed by atoms with Crippen LogP contribution in [-0.2, 0) is 4.74 Å². The molecule has 1 aromatic carbocycles. The molecule has 0 aliphatic heterocycles.